The topological polar surface area (TPSA) is 52.3 Å². The molecule has 2 N–H and O–H groups in total. The fraction of sp³-hybridized carbons (Fsp3) is 0.562. The zero-order chi connectivity index (χ0) is 14.1. The molecule has 1 rings (SSSR count). The van der Waals surface area contributed by atoms with Crippen LogP contribution < -0.4 is 10.5 Å². The van der Waals surface area contributed by atoms with Gasteiger partial charge in [0.05, 0.1) is 7.11 Å². The van der Waals surface area contributed by atoms with Gasteiger partial charge < -0.3 is 10.5 Å². The van der Waals surface area contributed by atoms with E-state index < -0.39 is 0 Å². The molecular weight excluding hydrogens is 238 g/mol. The molecule has 0 aromatic heterocycles. The van der Waals surface area contributed by atoms with Gasteiger partial charge in [-0.25, -0.2) is 0 Å². The molecular formula is C16H25NO2. The molecule has 3 heteroatoms. The second kappa shape index (κ2) is 8.70. The van der Waals surface area contributed by atoms with Gasteiger partial charge in [0.1, 0.15) is 5.75 Å². The summed E-state index contributed by atoms with van der Waals surface area (Å²) in [6.45, 7) is 2.89. The number of methoxy groups -OCH3 is 1. The minimum Gasteiger partial charge on any atom is -0.497 e. The molecule has 0 saturated heterocycles. The number of Topliss-reactive ketones (excluding diaryl/α,β-unsaturated/α-hetero) is 1. The quantitative estimate of drug-likeness (QED) is 0.694. The third kappa shape index (κ3) is 5.43. The molecule has 1 unspecified atom stereocenters. The largest absolute Gasteiger partial charge is 0.497 e. The maximum Gasteiger partial charge on any atom is 0.162 e. The molecule has 0 saturated carbocycles. The summed E-state index contributed by atoms with van der Waals surface area (Å²) in [7, 11) is 1.62. The van der Waals surface area contributed by atoms with Crippen LogP contribution in [0.1, 0.15) is 49.4 Å². The standard InChI is InChI=1S/C16H25NO2/c1-3-4-13(11-12-17)5-10-16(18)14-6-8-15(19-2)9-7-14/h6-9,13H,3-5,10-12,17H2,1-2H3. The Labute approximate surface area is 116 Å². The molecule has 1 aromatic rings. The van der Waals surface area contributed by atoms with Crippen LogP contribution in [0.2, 0.25) is 0 Å². The Morgan fingerprint density at radius 2 is 1.89 bits per heavy atom. The predicted octanol–water partition coefficient (Wildman–Crippen LogP) is 3.42. The Bertz CT molecular complexity index is 367. The van der Waals surface area contributed by atoms with E-state index in [1.165, 1.54) is 0 Å². The summed E-state index contributed by atoms with van der Waals surface area (Å²) in [5.74, 6) is 1.57. The molecule has 3 nitrogen and oxygen atoms in total. The van der Waals surface area contributed by atoms with Crippen molar-refractivity contribution in [3.8, 4) is 5.75 Å². The van der Waals surface area contributed by atoms with Crippen molar-refractivity contribution >= 4 is 5.78 Å². The Morgan fingerprint density at radius 1 is 1.21 bits per heavy atom. The van der Waals surface area contributed by atoms with Crippen LogP contribution in [0.5, 0.6) is 5.75 Å². The molecule has 1 aromatic carbocycles. The molecule has 0 bridgehead atoms. The van der Waals surface area contributed by atoms with Crippen molar-refractivity contribution in [2.24, 2.45) is 11.7 Å². The summed E-state index contributed by atoms with van der Waals surface area (Å²) in [4.78, 5) is 12.1. The van der Waals surface area contributed by atoms with Gasteiger partial charge in [-0.15, -0.1) is 0 Å². The normalized spacial score (nSPS) is 12.2. The van der Waals surface area contributed by atoms with E-state index in [-0.39, 0.29) is 5.78 Å². The van der Waals surface area contributed by atoms with E-state index in [1.54, 1.807) is 7.11 Å². The van der Waals surface area contributed by atoms with Gasteiger partial charge >= 0.3 is 0 Å². The molecule has 0 aliphatic heterocycles. The lowest BCUT2D eigenvalue weighted by Gasteiger charge is -2.14. The molecule has 0 radical (unpaired) electrons. The monoisotopic (exact) mass is 263 g/mol. The first-order chi connectivity index (χ1) is 9.21. The highest BCUT2D eigenvalue weighted by molar-refractivity contribution is 5.96. The van der Waals surface area contributed by atoms with Crippen molar-refractivity contribution in [1.82, 2.24) is 0 Å². The summed E-state index contributed by atoms with van der Waals surface area (Å²) in [5, 5.41) is 0. The third-order valence-corrected chi connectivity index (χ3v) is 3.46. The molecule has 0 aliphatic carbocycles. The average molecular weight is 263 g/mol. The van der Waals surface area contributed by atoms with E-state index in [0.29, 0.717) is 18.9 Å². The summed E-state index contributed by atoms with van der Waals surface area (Å²) in [5.41, 5.74) is 6.38. The highest BCUT2D eigenvalue weighted by atomic mass is 16.5. The summed E-state index contributed by atoms with van der Waals surface area (Å²) >= 11 is 0. The molecule has 1 atom stereocenters. The van der Waals surface area contributed by atoms with E-state index in [4.69, 9.17) is 10.5 Å². The first kappa shape index (κ1) is 15.7. The van der Waals surface area contributed by atoms with Crippen molar-refractivity contribution in [2.45, 2.75) is 39.0 Å². The van der Waals surface area contributed by atoms with E-state index in [1.807, 2.05) is 24.3 Å². The van der Waals surface area contributed by atoms with Gasteiger partial charge in [-0.05, 0) is 49.6 Å². The number of hydrogen-bond donors (Lipinski definition) is 1. The fourth-order valence-electron chi connectivity index (χ4n) is 2.33. The maximum atomic E-state index is 12.1. The molecule has 106 valence electrons. The second-order valence-electron chi connectivity index (χ2n) is 4.92. The number of carbonyl (C=O) groups excluding carboxylic acids is 1. The summed E-state index contributed by atoms with van der Waals surface area (Å²) in [6.07, 6.45) is 4.88. The van der Waals surface area contributed by atoms with Gasteiger partial charge in [-0.2, -0.15) is 0 Å². The number of ether oxygens (including phenoxy) is 1. The Kier molecular flexibility index (Phi) is 7.19. The molecule has 0 fully saturated rings. The number of rotatable bonds is 9. The van der Waals surface area contributed by atoms with Crippen molar-refractivity contribution in [3.63, 3.8) is 0 Å². The Hall–Kier alpha value is -1.35. The van der Waals surface area contributed by atoms with Crippen LogP contribution >= 0.6 is 0 Å². The maximum absolute atomic E-state index is 12.1. The van der Waals surface area contributed by atoms with Crippen LogP contribution in [0.3, 0.4) is 0 Å². The number of nitrogens with two attached hydrogens (primary N) is 1. The van der Waals surface area contributed by atoms with Crippen LogP contribution in [0.25, 0.3) is 0 Å². The molecule has 0 heterocycles. The van der Waals surface area contributed by atoms with Gasteiger partial charge in [0.15, 0.2) is 5.78 Å². The highest BCUT2D eigenvalue weighted by Gasteiger charge is 2.11. The molecule has 0 spiro atoms. The summed E-state index contributed by atoms with van der Waals surface area (Å²) in [6, 6.07) is 7.32. The van der Waals surface area contributed by atoms with Crippen molar-refractivity contribution < 1.29 is 9.53 Å². The second-order valence-corrected chi connectivity index (χ2v) is 4.92. The first-order valence-corrected chi connectivity index (χ1v) is 7.08. The lowest BCUT2D eigenvalue weighted by molar-refractivity contribution is 0.0972. The van der Waals surface area contributed by atoms with Gasteiger partial charge in [0.2, 0.25) is 0 Å². The van der Waals surface area contributed by atoms with E-state index >= 15 is 0 Å². The predicted molar refractivity (Wildman–Crippen MR) is 78.6 cm³/mol. The zero-order valence-electron chi connectivity index (χ0n) is 12.0. The van der Waals surface area contributed by atoms with Gasteiger partial charge in [0.25, 0.3) is 0 Å². The van der Waals surface area contributed by atoms with Crippen LogP contribution in [0.4, 0.5) is 0 Å². The van der Waals surface area contributed by atoms with Crippen LogP contribution in [0, 0.1) is 5.92 Å². The smallest absolute Gasteiger partial charge is 0.162 e. The van der Waals surface area contributed by atoms with Crippen LogP contribution in [-0.4, -0.2) is 19.4 Å². The number of hydrogen-bond acceptors (Lipinski definition) is 3. The van der Waals surface area contributed by atoms with Gasteiger partial charge in [-0.3, -0.25) is 4.79 Å². The van der Waals surface area contributed by atoms with Crippen LogP contribution in [-0.2, 0) is 0 Å². The lowest BCUT2D eigenvalue weighted by Crippen LogP contribution is -2.11. The average Bonchev–Trinajstić information content (AvgIpc) is 2.45. The lowest BCUT2D eigenvalue weighted by atomic mass is 9.92. The Morgan fingerprint density at radius 3 is 2.42 bits per heavy atom. The Balaban J connectivity index is 2.48. The van der Waals surface area contributed by atoms with E-state index in [9.17, 15) is 4.79 Å². The SMILES string of the molecule is CCCC(CCN)CCC(=O)c1ccc(OC)cc1. The fourth-order valence-corrected chi connectivity index (χ4v) is 2.33. The number of benzene rings is 1. The summed E-state index contributed by atoms with van der Waals surface area (Å²) < 4.78 is 5.09. The third-order valence-electron chi connectivity index (χ3n) is 3.46. The number of ketones is 1. The van der Waals surface area contributed by atoms with Crippen LogP contribution in [0.15, 0.2) is 24.3 Å². The van der Waals surface area contributed by atoms with Gasteiger partial charge in [-0.1, -0.05) is 19.8 Å². The van der Waals surface area contributed by atoms with Crippen molar-refractivity contribution in [2.75, 3.05) is 13.7 Å². The minimum atomic E-state index is 0.209. The van der Waals surface area contributed by atoms with Crippen molar-refractivity contribution in [3.05, 3.63) is 29.8 Å². The van der Waals surface area contributed by atoms with E-state index in [0.717, 1.165) is 37.0 Å². The molecule has 19 heavy (non-hydrogen) atoms. The van der Waals surface area contributed by atoms with Gasteiger partial charge in [0, 0.05) is 12.0 Å². The number of carbonyl (C=O) groups is 1. The highest BCUT2D eigenvalue weighted by Crippen LogP contribution is 2.19. The zero-order valence-corrected chi connectivity index (χ0v) is 12.0. The minimum absolute atomic E-state index is 0.209. The first-order valence-electron chi connectivity index (χ1n) is 7.08. The van der Waals surface area contributed by atoms with Crippen molar-refractivity contribution in [1.29, 1.82) is 0 Å². The van der Waals surface area contributed by atoms with E-state index in [2.05, 4.69) is 6.92 Å². The molecule has 0 aliphatic rings. The molecule has 0 amide bonds.